The number of primary amides is 1. The minimum absolute atomic E-state index is 0.0180. The summed E-state index contributed by atoms with van der Waals surface area (Å²) in [5.41, 5.74) is 4.76. The maximum atomic E-state index is 12.1. The molecule has 0 heterocycles. The Morgan fingerprint density at radius 1 is 1.24 bits per heavy atom. The molecule has 7 nitrogen and oxygen atoms in total. The molecule has 0 saturated heterocycles. The summed E-state index contributed by atoms with van der Waals surface area (Å²) in [6.07, 6.45) is 0. The summed E-state index contributed by atoms with van der Waals surface area (Å²) < 4.78 is 0. The summed E-state index contributed by atoms with van der Waals surface area (Å²) in [7, 11) is 0. The fourth-order valence-electron chi connectivity index (χ4n) is 1.50. The van der Waals surface area contributed by atoms with E-state index in [9.17, 15) is 14.4 Å². The van der Waals surface area contributed by atoms with Crippen LogP contribution in [0.5, 0.6) is 0 Å². The van der Waals surface area contributed by atoms with Crippen molar-refractivity contribution in [1.29, 1.82) is 0 Å². The highest BCUT2D eigenvalue weighted by Gasteiger charge is 2.27. The van der Waals surface area contributed by atoms with E-state index >= 15 is 0 Å². The number of anilines is 1. The van der Waals surface area contributed by atoms with Crippen LogP contribution in [-0.2, 0) is 9.59 Å². The fourth-order valence-corrected chi connectivity index (χ4v) is 1.50. The Kier molecular flexibility index (Phi) is 5.29. The van der Waals surface area contributed by atoms with Crippen LogP contribution in [0, 0.1) is 5.41 Å². The second kappa shape index (κ2) is 6.74. The Labute approximate surface area is 122 Å². The largest absolute Gasteiger partial charge is 0.480 e. The van der Waals surface area contributed by atoms with Gasteiger partial charge in [0.25, 0.3) is 0 Å². The number of carbonyl (C=O) groups excluding carboxylic acids is 2. The Morgan fingerprint density at radius 2 is 1.81 bits per heavy atom. The van der Waals surface area contributed by atoms with E-state index < -0.39 is 29.9 Å². The molecule has 0 fully saturated rings. The molecule has 0 aromatic heterocycles. The summed E-state index contributed by atoms with van der Waals surface area (Å²) in [6.45, 7) is 2.73. The molecule has 0 aliphatic rings. The third kappa shape index (κ3) is 4.79. The minimum Gasteiger partial charge on any atom is -0.480 e. The Morgan fingerprint density at radius 3 is 2.29 bits per heavy atom. The normalized spacial score (nSPS) is 10.8. The third-order valence-electron chi connectivity index (χ3n) is 2.95. The van der Waals surface area contributed by atoms with Crippen molar-refractivity contribution in [2.45, 2.75) is 13.8 Å². The lowest BCUT2D eigenvalue weighted by Gasteiger charge is -2.25. The molecule has 114 valence electrons. The molecule has 1 aromatic rings. The molecule has 7 heteroatoms. The monoisotopic (exact) mass is 293 g/mol. The maximum Gasteiger partial charge on any atom is 0.323 e. The number of urea groups is 1. The number of hydrogen-bond acceptors (Lipinski definition) is 3. The molecule has 4 N–H and O–H groups in total. The summed E-state index contributed by atoms with van der Waals surface area (Å²) in [5, 5.41) is 11.4. The summed E-state index contributed by atoms with van der Waals surface area (Å²) >= 11 is 0. The maximum absolute atomic E-state index is 12.1. The summed E-state index contributed by atoms with van der Waals surface area (Å²) in [4.78, 5) is 35.3. The highest BCUT2D eigenvalue weighted by molar-refractivity contribution is 5.96. The van der Waals surface area contributed by atoms with Gasteiger partial charge in [0, 0.05) is 12.2 Å². The van der Waals surface area contributed by atoms with Crippen LogP contribution in [0.4, 0.5) is 10.5 Å². The highest BCUT2D eigenvalue weighted by Crippen LogP contribution is 2.15. The van der Waals surface area contributed by atoms with Crippen molar-refractivity contribution < 1.29 is 19.5 Å². The van der Waals surface area contributed by atoms with Crippen LogP contribution in [0.25, 0.3) is 0 Å². The van der Waals surface area contributed by atoms with E-state index in [1.165, 1.54) is 0 Å². The lowest BCUT2D eigenvalue weighted by Crippen LogP contribution is -2.48. The molecular formula is C14H19N3O4. The van der Waals surface area contributed by atoms with E-state index in [4.69, 9.17) is 10.8 Å². The predicted octanol–water partition coefficient (Wildman–Crippen LogP) is 0.799. The van der Waals surface area contributed by atoms with Crippen LogP contribution in [-0.4, -0.2) is 36.1 Å². The molecule has 0 bridgehead atoms. The summed E-state index contributed by atoms with van der Waals surface area (Å²) in [5.74, 6) is -1.68. The van der Waals surface area contributed by atoms with E-state index in [1.54, 1.807) is 44.2 Å². The first-order chi connectivity index (χ1) is 9.74. The van der Waals surface area contributed by atoms with Crippen LogP contribution in [0.15, 0.2) is 30.3 Å². The van der Waals surface area contributed by atoms with Gasteiger partial charge in [0.1, 0.15) is 6.54 Å². The number of nitrogens with zero attached hydrogens (tertiary/aromatic N) is 1. The van der Waals surface area contributed by atoms with Crippen LogP contribution >= 0.6 is 0 Å². The van der Waals surface area contributed by atoms with Gasteiger partial charge in [0.05, 0.1) is 5.41 Å². The number of benzene rings is 1. The predicted molar refractivity (Wildman–Crippen MR) is 77.8 cm³/mol. The first-order valence-electron chi connectivity index (χ1n) is 6.36. The second-order valence-electron chi connectivity index (χ2n) is 5.22. The number of nitrogens with one attached hydrogen (secondary N) is 1. The Bertz CT molecular complexity index is 528. The average Bonchev–Trinajstić information content (AvgIpc) is 2.43. The molecule has 0 aliphatic heterocycles. The number of nitrogens with two attached hydrogens (primary N) is 1. The zero-order valence-corrected chi connectivity index (χ0v) is 12.0. The van der Waals surface area contributed by atoms with Gasteiger partial charge in [0.2, 0.25) is 5.91 Å². The molecule has 1 rings (SSSR count). The van der Waals surface area contributed by atoms with Crippen LogP contribution < -0.4 is 16.0 Å². The van der Waals surface area contributed by atoms with Gasteiger partial charge in [-0.15, -0.1) is 0 Å². The SMILES string of the molecule is CC(C)(CNC(=O)N(CC(=O)O)c1ccccc1)C(N)=O. The van der Waals surface area contributed by atoms with Gasteiger partial charge < -0.3 is 16.2 Å². The van der Waals surface area contributed by atoms with Crippen molar-refractivity contribution in [3.8, 4) is 0 Å². The molecule has 0 radical (unpaired) electrons. The van der Waals surface area contributed by atoms with E-state index in [2.05, 4.69) is 5.32 Å². The van der Waals surface area contributed by atoms with Gasteiger partial charge in [0.15, 0.2) is 0 Å². The van der Waals surface area contributed by atoms with Crippen molar-refractivity contribution in [2.24, 2.45) is 11.1 Å². The van der Waals surface area contributed by atoms with Crippen molar-refractivity contribution in [3.63, 3.8) is 0 Å². The molecule has 0 aliphatic carbocycles. The number of amides is 3. The molecule has 0 saturated carbocycles. The summed E-state index contributed by atoms with van der Waals surface area (Å²) in [6, 6.07) is 7.81. The average molecular weight is 293 g/mol. The quantitative estimate of drug-likeness (QED) is 0.720. The number of carbonyl (C=O) groups is 3. The van der Waals surface area contributed by atoms with Gasteiger partial charge in [-0.1, -0.05) is 18.2 Å². The van der Waals surface area contributed by atoms with Crippen molar-refractivity contribution >= 4 is 23.6 Å². The lowest BCUT2D eigenvalue weighted by atomic mass is 9.93. The van der Waals surface area contributed by atoms with Gasteiger partial charge in [-0.05, 0) is 26.0 Å². The van der Waals surface area contributed by atoms with E-state index in [-0.39, 0.29) is 6.54 Å². The number of para-hydroxylation sites is 1. The van der Waals surface area contributed by atoms with Crippen LogP contribution in [0.3, 0.4) is 0 Å². The van der Waals surface area contributed by atoms with Crippen LogP contribution in [0.1, 0.15) is 13.8 Å². The Balaban J connectivity index is 2.82. The number of aliphatic carboxylic acids is 1. The minimum atomic E-state index is -1.14. The Hall–Kier alpha value is -2.57. The second-order valence-corrected chi connectivity index (χ2v) is 5.22. The molecule has 0 atom stereocenters. The number of carboxylic acids is 1. The first-order valence-corrected chi connectivity index (χ1v) is 6.36. The van der Waals surface area contributed by atoms with Crippen molar-refractivity contribution in [2.75, 3.05) is 18.0 Å². The smallest absolute Gasteiger partial charge is 0.323 e. The standard InChI is InChI=1S/C14H19N3O4/c1-14(2,12(15)20)9-16-13(21)17(8-11(18)19)10-6-4-3-5-7-10/h3-7H,8-9H2,1-2H3,(H2,15,20)(H,16,21)(H,18,19). The molecular weight excluding hydrogens is 274 g/mol. The van der Waals surface area contributed by atoms with Crippen molar-refractivity contribution in [3.05, 3.63) is 30.3 Å². The van der Waals surface area contributed by atoms with Crippen molar-refractivity contribution in [1.82, 2.24) is 5.32 Å². The van der Waals surface area contributed by atoms with Gasteiger partial charge >= 0.3 is 12.0 Å². The number of hydrogen-bond donors (Lipinski definition) is 3. The fraction of sp³-hybridized carbons (Fsp3) is 0.357. The zero-order chi connectivity index (χ0) is 16.0. The topological polar surface area (TPSA) is 113 Å². The van der Waals surface area contributed by atoms with Gasteiger partial charge in [-0.2, -0.15) is 0 Å². The molecule has 0 spiro atoms. The molecule has 21 heavy (non-hydrogen) atoms. The van der Waals surface area contributed by atoms with Gasteiger partial charge in [-0.3, -0.25) is 14.5 Å². The third-order valence-corrected chi connectivity index (χ3v) is 2.95. The molecule has 3 amide bonds. The van der Waals surface area contributed by atoms with Crippen LogP contribution in [0.2, 0.25) is 0 Å². The van der Waals surface area contributed by atoms with Gasteiger partial charge in [-0.25, -0.2) is 4.79 Å². The molecule has 0 unspecified atom stereocenters. The number of carboxylic acid groups (broad SMARTS) is 1. The zero-order valence-electron chi connectivity index (χ0n) is 12.0. The van der Waals surface area contributed by atoms with E-state index in [1.807, 2.05) is 0 Å². The van der Waals surface area contributed by atoms with E-state index in [0.717, 1.165) is 4.90 Å². The molecule has 1 aromatic carbocycles. The number of rotatable bonds is 6. The highest BCUT2D eigenvalue weighted by atomic mass is 16.4. The van der Waals surface area contributed by atoms with E-state index in [0.29, 0.717) is 5.69 Å². The lowest BCUT2D eigenvalue weighted by molar-refractivity contribution is -0.135. The first kappa shape index (κ1) is 16.5.